The molecular formula is C21H26N4O5S. The lowest BCUT2D eigenvalue weighted by Gasteiger charge is -2.36. The molecule has 2 aromatic rings. The molecule has 0 unspecified atom stereocenters. The average molecular weight is 447 g/mol. The fourth-order valence-corrected chi connectivity index (χ4v) is 3.98. The van der Waals surface area contributed by atoms with Crippen LogP contribution in [0.2, 0.25) is 0 Å². The SMILES string of the molecule is COCCNC(=O)CN1CCN(c2ccc(NC(=O)c3cccs3)cc2C(=O)O)CC1. The fraction of sp³-hybridized carbons (Fsp3) is 0.381. The number of piperazine rings is 1. The summed E-state index contributed by atoms with van der Waals surface area (Å²) in [6.07, 6.45) is 0. The Morgan fingerprint density at radius 3 is 2.58 bits per heavy atom. The number of anilines is 2. The van der Waals surface area contributed by atoms with E-state index in [9.17, 15) is 19.5 Å². The molecule has 3 rings (SSSR count). The maximum absolute atomic E-state index is 12.2. The maximum atomic E-state index is 12.2. The summed E-state index contributed by atoms with van der Waals surface area (Å²) < 4.78 is 4.92. The van der Waals surface area contributed by atoms with Crippen molar-refractivity contribution in [3.05, 3.63) is 46.2 Å². The Kier molecular flexibility index (Phi) is 7.99. The van der Waals surface area contributed by atoms with Gasteiger partial charge in [0.05, 0.1) is 29.3 Å². The van der Waals surface area contributed by atoms with E-state index in [0.29, 0.717) is 62.1 Å². The second-order valence-electron chi connectivity index (χ2n) is 7.07. The van der Waals surface area contributed by atoms with Gasteiger partial charge in [-0.05, 0) is 29.6 Å². The molecule has 1 saturated heterocycles. The number of nitrogens with zero attached hydrogens (tertiary/aromatic N) is 2. The number of thiophene rings is 1. The number of carbonyl (C=O) groups is 3. The van der Waals surface area contributed by atoms with Crippen molar-refractivity contribution in [3.63, 3.8) is 0 Å². The number of carboxylic acid groups (broad SMARTS) is 1. The zero-order valence-electron chi connectivity index (χ0n) is 17.3. The average Bonchev–Trinajstić information content (AvgIpc) is 3.30. The highest BCUT2D eigenvalue weighted by atomic mass is 32.1. The summed E-state index contributed by atoms with van der Waals surface area (Å²) >= 11 is 1.32. The molecular weight excluding hydrogens is 420 g/mol. The minimum absolute atomic E-state index is 0.0532. The first-order chi connectivity index (χ1) is 15.0. The maximum Gasteiger partial charge on any atom is 0.337 e. The Morgan fingerprint density at radius 2 is 1.94 bits per heavy atom. The van der Waals surface area contributed by atoms with Gasteiger partial charge in [-0.25, -0.2) is 4.79 Å². The van der Waals surface area contributed by atoms with Crippen LogP contribution in [0.1, 0.15) is 20.0 Å². The third-order valence-corrected chi connectivity index (χ3v) is 5.81. The van der Waals surface area contributed by atoms with Gasteiger partial charge in [-0.3, -0.25) is 14.5 Å². The van der Waals surface area contributed by atoms with Gasteiger partial charge >= 0.3 is 5.97 Å². The van der Waals surface area contributed by atoms with Crippen LogP contribution in [0.3, 0.4) is 0 Å². The molecule has 1 aromatic carbocycles. The van der Waals surface area contributed by atoms with E-state index in [4.69, 9.17) is 4.74 Å². The van der Waals surface area contributed by atoms with E-state index in [1.54, 1.807) is 31.4 Å². The number of nitrogens with one attached hydrogen (secondary N) is 2. The van der Waals surface area contributed by atoms with Crippen LogP contribution in [-0.4, -0.2) is 80.8 Å². The lowest BCUT2D eigenvalue weighted by Crippen LogP contribution is -2.50. The summed E-state index contributed by atoms with van der Waals surface area (Å²) in [6, 6.07) is 8.42. The molecule has 2 amide bonds. The van der Waals surface area contributed by atoms with Gasteiger partial charge in [-0.1, -0.05) is 6.07 Å². The highest BCUT2D eigenvalue weighted by Gasteiger charge is 2.23. The Hall–Kier alpha value is -2.95. The molecule has 1 aromatic heterocycles. The molecule has 0 spiro atoms. The quantitative estimate of drug-likeness (QED) is 0.502. The van der Waals surface area contributed by atoms with Crippen molar-refractivity contribution in [2.45, 2.75) is 0 Å². The van der Waals surface area contributed by atoms with Gasteiger partial charge in [-0.2, -0.15) is 0 Å². The Morgan fingerprint density at radius 1 is 1.16 bits per heavy atom. The predicted molar refractivity (Wildman–Crippen MR) is 119 cm³/mol. The van der Waals surface area contributed by atoms with Gasteiger partial charge in [0.1, 0.15) is 0 Å². The summed E-state index contributed by atoms with van der Waals surface area (Å²) in [5, 5.41) is 17.1. The lowest BCUT2D eigenvalue weighted by atomic mass is 10.1. The lowest BCUT2D eigenvalue weighted by molar-refractivity contribution is -0.122. The number of ether oxygens (including phenoxy) is 1. The number of hydrogen-bond donors (Lipinski definition) is 3. The number of carboxylic acids is 1. The van der Waals surface area contributed by atoms with Gasteiger partial charge in [0.15, 0.2) is 0 Å². The number of hydrogen-bond acceptors (Lipinski definition) is 7. The first-order valence-corrected chi connectivity index (χ1v) is 10.8. The van der Waals surface area contributed by atoms with Gasteiger partial charge < -0.3 is 25.4 Å². The Labute approximate surface area is 184 Å². The van der Waals surface area contributed by atoms with E-state index < -0.39 is 5.97 Å². The Bertz CT molecular complexity index is 910. The third kappa shape index (κ3) is 6.27. The molecule has 2 heterocycles. The van der Waals surface area contributed by atoms with Gasteiger partial charge in [0.25, 0.3) is 5.91 Å². The zero-order chi connectivity index (χ0) is 22.2. The minimum Gasteiger partial charge on any atom is -0.478 e. The van der Waals surface area contributed by atoms with E-state index in [2.05, 4.69) is 10.6 Å². The number of aromatic carboxylic acids is 1. The van der Waals surface area contributed by atoms with Crippen molar-refractivity contribution in [1.82, 2.24) is 10.2 Å². The summed E-state index contributed by atoms with van der Waals surface area (Å²) in [4.78, 5) is 40.6. The second-order valence-corrected chi connectivity index (χ2v) is 8.02. The summed E-state index contributed by atoms with van der Waals surface area (Å²) in [5.41, 5.74) is 1.17. The van der Waals surface area contributed by atoms with Gasteiger partial charge in [0, 0.05) is 45.5 Å². The van der Waals surface area contributed by atoms with Crippen LogP contribution in [0.25, 0.3) is 0 Å². The number of rotatable bonds is 9. The standard InChI is InChI=1S/C21H26N4O5S/c1-30-11-6-22-19(26)14-24-7-9-25(10-8-24)17-5-4-15(13-16(17)21(28)29)23-20(27)18-3-2-12-31-18/h2-5,12-13H,6-11,14H2,1H3,(H,22,26)(H,23,27)(H,28,29). The number of amides is 2. The first kappa shape index (κ1) is 22.7. The first-order valence-electron chi connectivity index (χ1n) is 9.93. The molecule has 1 aliphatic rings. The van der Waals surface area contributed by atoms with E-state index in [1.165, 1.54) is 17.4 Å². The molecule has 166 valence electrons. The monoisotopic (exact) mass is 446 g/mol. The van der Waals surface area contributed by atoms with Crippen LogP contribution >= 0.6 is 11.3 Å². The topological polar surface area (TPSA) is 111 Å². The molecule has 0 radical (unpaired) electrons. The van der Waals surface area contributed by atoms with Crippen LogP contribution in [0.5, 0.6) is 0 Å². The molecule has 0 atom stereocenters. The summed E-state index contributed by atoms with van der Waals surface area (Å²) in [5.74, 6) is -1.37. The number of carbonyl (C=O) groups excluding carboxylic acids is 2. The van der Waals surface area contributed by atoms with Crippen LogP contribution in [0, 0.1) is 0 Å². The zero-order valence-corrected chi connectivity index (χ0v) is 18.1. The van der Waals surface area contributed by atoms with Crippen LogP contribution < -0.4 is 15.5 Å². The van der Waals surface area contributed by atoms with Crippen molar-refractivity contribution in [2.75, 3.05) is 63.2 Å². The molecule has 1 aliphatic heterocycles. The highest BCUT2D eigenvalue weighted by molar-refractivity contribution is 7.12. The third-order valence-electron chi connectivity index (χ3n) is 4.94. The molecule has 0 saturated carbocycles. The number of benzene rings is 1. The predicted octanol–water partition coefficient (Wildman–Crippen LogP) is 1.58. The van der Waals surface area contributed by atoms with Gasteiger partial charge in [-0.15, -0.1) is 11.3 Å². The van der Waals surface area contributed by atoms with Crippen molar-refractivity contribution < 1.29 is 24.2 Å². The smallest absolute Gasteiger partial charge is 0.337 e. The molecule has 31 heavy (non-hydrogen) atoms. The van der Waals surface area contributed by atoms with Crippen molar-refractivity contribution in [1.29, 1.82) is 0 Å². The molecule has 0 aliphatic carbocycles. The van der Waals surface area contributed by atoms with Crippen molar-refractivity contribution >= 4 is 40.5 Å². The normalized spacial score (nSPS) is 14.3. The second kappa shape index (κ2) is 10.9. The van der Waals surface area contributed by atoms with E-state index >= 15 is 0 Å². The molecule has 9 nitrogen and oxygen atoms in total. The molecule has 3 N–H and O–H groups in total. The van der Waals surface area contributed by atoms with Crippen LogP contribution in [-0.2, 0) is 9.53 Å². The van der Waals surface area contributed by atoms with Crippen LogP contribution in [0.15, 0.2) is 35.7 Å². The largest absolute Gasteiger partial charge is 0.478 e. The fourth-order valence-electron chi connectivity index (χ4n) is 3.36. The van der Waals surface area contributed by atoms with E-state index in [-0.39, 0.29) is 17.4 Å². The molecule has 0 bridgehead atoms. The van der Waals surface area contributed by atoms with E-state index in [1.807, 2.05) is 15.2 Å². The molecule has 1 fully saturated rings. The summed E-state index contributed by atoms with van der Waals surface area (Å²) in [7, 11) is 1.58. The summed E-state index contributed by atoms with van der Waals surface area (Å²) in [6.45, 7) is 3.76. The van der Waals surface area contributed by atoms with Crippen molar-refractivity contribution in [3.8, 4) is 0 Å². The van der Waals surface area contributed by atoms with Gasteiger partial charge in [0.2, 0.25) is 5.91 Å². The minimum atomic E-state index is -1.05. The van der Waals surface area contributed by atoms with Crippen molar-refractivity contribution in [2.24, 2.45) is 0 Å². The Balaban J connectivity index is 1.60. The molecule has 10 heteroatoms. The van der Waals surface area contributed by atoms with Crippen LogP contribution in [0.4, 0.5) is 11.4 Å². The highest BCUT2D eigenvalue weighted by Crippen LogP contribution is 2.26. The van der Waals surface area contributed by atoms with E-state index in [0.717, 1.165) is 0 Å². The number of methoxy groups -OCH3 is 1.